The van der Waals surface area contributed by atoms with E-state index in [1.54, 1.807) is 6.92 Å². The molecule has 0 fully saturated rings. The molecule has 0 aliphatic heterocycles. The summed E-state index contributed by atoms with van der Waals surface area (Å²) in [5, 5.41) is 2.91. The van der Waals surface area contributed by atoms with Gasteiger partial charge < -0.3 is 11.1 Å². The molecule has 0 aromatic rings. The molecular formula is C12H27ClN2O. The summed E-state index contributed by atoms with van der Waals surface area (Å²) < 4.78 is 0. The van der Waals surface area contributed by atoms with Gasteiger partial charge in [0.2, 0.25) is 5.91 Å². The molecule has 0 rings (SSSR count). The van der Waals surface area contributed by atoms with Crippen molar-refractivity contribution in [3.05, 3.63) is 0 Å². The van der Waals surface area contributed by atoms with Crippen molar-refractivity contribution in [2.75, 3.05) is 6.54 Å². The van der Waals surface area contributed by atoms with Crippen molar-refractivity contribution in [2.45, 2.75) is 58.9 Å². The fourth-order valence-corrected chi connectivity index (χ4v) is 1.66. The lowest BCUT2D eigenvalue weighted by Crippen LogP contribution is -2.40. The maximum Gasteiger partial charge on any atom is 0.236 e. The lowest BCUT2D eigenvalue weighted by molar-refractivity contribution is -0.122. The maximum absolute atomic E-state index is 11.3. The Morgan fingerprint density at radius 3 is 2.31 bits per heavy atom. The van der Waals surface area contributed by atoms with E-state index in [0.717, 1.165) is 6.54 Å². The first-order valence-corrected chi connectivity index (χ1v) is 6.15. The summed E-state index contributed by atoms with van der Waals surface area (Å²) in [6.45, 7) is 6.89. The van der Waals surface area contributed by atoms with Crippen LogP contribution in [0.5, 0.6) is 0 Å². The van der Waals surface area contributed by atoms with E-state index in [4.69, 9.17) is 5.73 Å². The van der Waals surface area contributed by atoms with Crippen molar-refractivity contribution >= 4 is 18.3 Å². The van der Waals surface area contributed by atoms with Crippen LogP contribution in [0.15, 0.2) is 0 Å². The van der Waals surface area contributed by atoms with Crippen LogP contribution >= 0.6 is 12.4 Å². The number of unbranched alkanes of at least 4 members (excludes halogenated alkanes) is 1. The fourth-order valence-electron chi connectivity index (χ4n) is 1.66. The highest BCUT2D eigenvalue weighted by Gasteiger charge is 2.11. The van der Waals surface area contributed by atoms with Crippen LogP contribution in [0.25, 0.3) is 0 Å². The Bertz CT molecular complexity index is 174. The molecule has 16 heavy (non-hydrogen) atoms. The van der Waals surface area contributed by atoms with Gasteiger partial charge in [-0.25, -0.2) is 0 Å². The second-order valence-electron chi connectivity index (χ2n) is 4.33. The number of carbonyl (C=O) groups is 1. The minimum Gasteiger partial charge on any atom is -0.354 e. The van der Waals surface area contributed by atoms with Crippen LogP contribution in [0.1, 0.15) is 52.9 Å². The molecule has 98 valence electrons. The first-order chi connectivity index (χ1) is 7.11. The molecule has 0 aromatic carbocycles. The van der Waals surface area contributed by atoms with Crippen molar-refractivity contribution in [1.82, 2.24) is 5.32 Å². The molecule has 3 N–H and O–H groups in total. The van der Waals surface area contributed by atoms with E-state index < -0.39 is 6.04 Å². The van der Waals surface area contributed by atoms with Crippen LogP contribution in [0, 0.1) is 5.92 Å². The number of hydrogen-bond donors (Lipinski definition) is 2. The number of nitrogens with two attached hydrogens (primary N) is 1. The average molecular weight is 251 g/mol. The first-order valence-electron chi connectivity index (χ1n) is 6.15. The Hall–Kier alpha value is -0.280. The molecule has 0 saturated heterocycles. The van der Waals surface area contributed by atoms with Crippen LogP contribution < -0.4 is 11.1 Å². The zero-order valence-electron chi connectivity index (χ0n) is 10.8. The lowest BCUT2D eigenvalue weighted by Gasteiger charge is -2.17. The number of carbonyl (C=O) groups excluding carboxylic acids is 1. The van der Waals surface area contributed by atoms with Gasteiger partial charge in [-0.15, -0.1) is 12.4 Å². The molecule has 0 spiro atoms. The zero-order chi connectivity index (χ0) is 11.7. The topological polar surface area (TPSA) is 55.1 Å². The Balaban J connectivity index is 0. The Kier molecular flexibility index (Phi) is 12.7. The standard InChI is InChI=1S/C12H26N2O.ClH/c1-4-6-8-11(7-5-2)9-14-12(15)10(3)13;/h10-11H,4-9,13H2,1-3H3,(H,14,15);1H/t10-,11?;/m0./s1. The van der Waals surface area contributed by atoms with E-state index in [9.17, 15) is 4.79 Å². The van der Waals surface area contributed by atoms with Crippen LogP contribution in [0.2, 0.25) is 0 Å². The predicted octanol–water partition coefficient (Wildman–Crippen LogP) is 2.48. The Labute approximate surface area is 106 Å². The van der Waals surface area contributed by atoms with Crippen molar-refractivity contribution < 1.29 is 4.79 Å². The fraction of sp³-hybridized carbons (Fsp3) is 0.917. The quantitative estimate of drug-likeness (QED) is 0.696. The smallest absolute Gasteiger partial charge is 0.236 e. The van der Waals surface area contributed by atoms with Crippen molar-refractivity contribution in [3.8, 4) is 0 Å². The van der Waals surface area contributed by atoms with Crippen LogP contribution in [-0.4, -0.2) is 18.5 Å². The molecule has 0 aliphatic rings. The Morgan fingerprint density at radius 2 is 1.88 bits per heavy atom. The van der Waals surface area contributed by atoms with Crippen LogP contribution in [0.4, 0.5) is 0 Å². The van der Waals surface area contributed by atoms with Crippen molar-refractivity contribution in [1.29, 1.82) is 0 Å². The first kappa shape index (κ1) is 18.1. The molecule has 0 radical (unpaired) electrons. The zero-order valence-corrected chi connectivity index (χ0v) is 11.6. The third-order valence-electron chi connectivity index (χ3n) is 2.64. The highest BCUT2D eigenvalue weighted by molar-refractivity contribution is 5.85. The van der Waals surface area contributed by atoms with Gasteiger partial charge in [-0.1, -0.05) is 33.1 Å². The predicted molar refractivity (Wildman–Crippen MR) is 71.8 cm³/mol. The summed E-state index contributed by atoms with van der Waals surface area (Å²) in [5.74, 6) is 0.588. The average Bonchev–Trinajstić information content (AvgIpc) is 2.21. The number of rotatable bonds is 8. The second-order valence-corrected chi connectivity index (χ2v) is 4.33. The third-order valence-corrected chi connectivity index (χ3v) is 2.64. The molecule has 4 heteroatoms. The molecule has 1 unspecified atom stereocenters. The van der Waals surface area contributed by atoms with Gasteiger partial charge in [0, 0.05) is 6.54 Å². The largest absolute Gasteiger partial charge is 0.354 e. The van der Waals surface area contributed by atoms with Crippen LogP contribution in [0.3, 0.4) is 0 Å². The van der Waals surface area contributed by atoms with E-state index in [0.29, 0.717) is 5.92 Å². The summed E-state index contributed by atoms with van der Waals surface area (Å²) >= 11 is 0. The van der Waals surface area contributed by atoms with Gasteiger partial charge >= 0.3 is 0 Å². The molecule has 0 aromatic heterocycles. The van der Waals surface area contributed by atoms with Gasteiger partial charge in [0.25, 0.3) is 0 Å². The molecular weight excluding hydrogens is 224 g/mol. The van der Waals surface area contributed by atoms with Gasteiger partial charge in [0.15, 0.2) is 0 Å². The Morgan fingerprint density at radius 1 is 1.25 bits per heavy atom. The molecule has 0 saturated carbocycles. The molecule has 1 amide bonds. The highest BCUT2D eigenvalue weighted by Crippen LogP contribution is 2.13. The second kappa shape index (κ2) is 11.2. The maximum atomic E-state index is 11.3. The van der Waals surface area contributed by atoms with E-state index in [-0.39, 0.29) is 18.3 Å². The number of halogens is 1. The van der Waals surface area contributed by atoms with Gasteiger partial charge in [0.1, 0.15) is 0 Å². The summed E-state index contributed by atoms with van der Waals surface area (Å²) in [5.41, 5.74) is 5.48. The van der Waals surface area contributed by atoms with E-state index in [1.165, 1.54) is 32.1 Å². The monoisotopic (exact) mass is 250 g/mol. The molecule has 0 heterocycles. The number of nitrogens with one attached hydrogen (secondary N) is 1. The normalized spacial score (nSPS) is 13.8. The van der Waals surface area contributed by atoms with Gasteiger partial charge in [-0.05, 0) is 25.7 Å². The molecule has 0 bridgehead atoms. The molecule has 2 atom stereocenters. The summed E-state index contributed by atoms with van der Waals surface area (Å²) in [6, 6.07) is -0.390. The lowest BCUT2D eigenvalue weighted by atomic mass is 9.97. The van der Waals surface area contributed by atoms with E-state index in [1.807, 2.05) is 0 Å². The minimum atomic E-state index is -0.390. The third kappa shape index (κ3) is 8.98. The molecule has 3 nitrogen and oxygen atoms in total. The van der Waals surface area contributed by atoms with Crippen molar-refractivity contribution in [2.24, 2.45) is 11.7 Å². The molecule has 0 aliphatic carbocycles. The summed E-state index contributed by atoms with van der Waals surface area (Å²) in [6.07, 6.45) is 6.06. The SMILES string of the molecule is CCCCC(CCC)CNC(=O)[C@H](C)N.Cl. The minimum absolute atomic E-state index is 0. The highest BCUT2D eigenvalue weighted by atomic mass is 35.5. The number of hydrogen-bond acceptors (Lipinski definition) is 2. The van der Waals surface area contributed by atoms with Gasteiger partial charge in [-0.2, -0.15) is 0 Å². The van der Waals surface area contributed by atoms with Gasteiger partial charge in [0.05, 0.1) is 6.04 Å². The van der Waals surface area contributed by atoms with Gasteiger partial charge in [-0.3, -0.25) is 4.79 Å². The summed E-state index contributed by atoms with van der Waals surface area (Å²) in [7, 11) is 0. The van der Waals surface area contributed by atoms with Crippen LogP contribution in [-0.2, 0) is 4.79 Å². The summed E-state index contributed by atoms with van der Waals surface area (Å²) in [4.78, 5) is 11.3. The van der Waals surface area contributed by atoms with Crippen molar-refractivity contribution in [3.63, 3.8) is 0 Å². The van der Waals surface area contributed by atoms with E-state index >= 15 is 0 Å². The van der Waals surface area contributed by atoms with E-state index in [2.05, 4.69) is 19.2 Å². The number of amides is 1.